The third-order valence-electron chi connectivity index (χ3n) is 4.90. The van der Waals surface area contributed by atoms with Gasteiger partial charge in [0.1, 0.15) is 11.9 Å². The minimum atomic E-state index is 0.391. The number of fused-ring (bicyclic) bond motifs is 1. The maximum absolute atomic E-state index is 6.17. The summed E-state index contributed by atoms with van der Waals surface area (Å²) in [5.74, 6) is 1.01. The Morgan fingerprint density at radius 1 is 1.05 bits per heavy atom. The lowest BCUT2D eigenvalue weighted by Gasteiger charge is -2.41. The number of nitrogens with one attached hydrogen (secondary N) is 1. The van der Waals surface area contributed by atoms with E-state index in [1.165, 1.54) is 56.1 Å². The van der Waals surface area contributed by atoms with Crippen LogP contribution < -0.4 is 4.74 Å². The van der Waals surface area contributed by atoms with E-state index in [0.29, 0.717) is 6.10 Å². The fraction of sp³-hybridized carbons (Fsp3) is 0.529. The second kappa shape index (κ2) is 5.13. The Morgan fingerprint density at radius 3 is 2.65 bits per heavy atom. The van der Waals surface area contributed by atoms with Gasteiger partial charge in [-0.2, -0.15) is 0 Å². The Morgan fingerprint density at radius 2 is 1.90 bits per heavy atom. The molecule has 0 unspecified atom stereocenters. The molecular formula is C17H22N2O. The number of H-pyrrole nitrogens is 1. The van der Waals surface area contributed by atoms with E-state index in [2.05, 4.69) is 34.1 Å². The highest BCUT2D eigenvalue weighted by Gasteiger charge is 2.29. The first kappa shape index (κ1) is 12.3. The molecule has 3 nitrogen and oxygen atoms in total. The molecule has 1 aromatic carbocycles. The molecule has 0 spiro atoms. The van der Waals surface area contributed by atoms with Crippen LogP contribution >= 0.6 is 0 Å². The van der Waals surface area contributed by atoms with Crippen molar-refractivity contribution in [1.82, 2.24) is 9.88 Å². The monoisotopic (exact) mass is 270 g/mol. The number of hydrogen-bond donors (Lipinski definition) is 1. The Hall–Kier alpha value is -1.48. The van der Waals surface area contributed by atoms with Crippen molar-refractivity contribution in [3.8, 4) is 5.75 Å². The van der Waals surface area contributed by atoms with Crippen LogP contribution in [-0.2, 0) is 0 Å². The van der Waals surface area contributed by atoms with Crippen LogP contribution in [-0.4, -0.2) is 35.1 Å². The average molecular weight is 270 g/mol. The molecular weight excluding hydrogens is 248 g/mol. The lowest BCUT2D eigenvalue weighted by molar-refractivity contribution is 0.0494. The largest absolute Gasteiger partial charge is 0.490 e. The fourth-order valence-corrected chi connectivity index (χ4v) is 3.41. The van der Waals surface area contributed by atoms with Gasteiger partial charge < -0.3 is 14.6 Å². The number of ether oxygens (including phenoxy) is 1. The molecule has 1 aliphatic heterocycles. The highest BCUT2D eigenvalue weighted by atomic mass is 16.5. The molecule has 3 heteroatoms. The smallest absolute Gasteiger partial charge is 0.120 e. The second-order valence-corrected chi connectivity index (χ2v) is 6.16. The van der Waals surface area contributed by atoms with Crippen molar-refractivity contribution < 1.29 is 4.74 Å². The minimum absolute atomic E-state index is 0.391. The Labute approximate surface area is 119 Å². The average Bonchev–Trinajstić information content (AvgIpc) is 2.86. The van der Waals surface area contributed by atoms with E-state index < -0.39 is 0 Å². The number of rotatable bonds is 3. The summed E-state index contributed by atoms with van der Waals surface area (Å²) in [7, 11) is 0. The van der Waals surface area contributed by atoms with Gasteiger partial charge in [-0.15, -0.1) is 0 Å². The maximum Gasteiger partial charge on any atom is 0.120 e. The van der Waals surface area contributed by atoms with E-state index in [-0.39, 0.29) is 0 Å². The number of hydrogen-bond acceptors (Lipinski definition) is 2. The van der Waals surface area contributed by atoms with E-state index >= 15 is 0 Å². The van der Waals surface area contributed by atoms with Crippen molar-refractivity contribution in [1.29, 1.82) is 0 Å². The van der Waals surface area contributed by atoms with Crippen molar-refractivity contribution in [3.63, 3.8) is 0 Å². The van der Waals surface area contributed by atoms with Crippen LogP contribution in [0.15, 0.2) is 30.5 Å². The fourth-order valence-electron chi connectivity index (χ4n) is 3.41. The summed E-state index contributed by atoms with van der Waals surface area (Å²) in [4.78, 5) is 5.88. The van der Waals surface area contributed by atoms with Gasteiger partial charge in [0.25, 0.3) is 0 Å². The molecule has 1 saturated heterocycles. The minimum Gasteiger partial charge on any atom is -0.490 e. The van der Waals surface area contributed by atoms with Crippen LogP contribution in [0.4, 0.5) is 0 Å². The predicted octanol–water partition coefficient (Wildman–Crippen LogP) is 3.56. The molecule has 4 rings (SSSR count). The van der Waals surface area contributed by atoms with Gasteiger partial charge in [0.15, 0.2) is 0 Å². The van der Waals surface area contributed by atoms with Gasteiger partial charge in [0.2, 0.25) is 0 Å². The highest BCUT2D eigenvalue weighted by molar-refractivity contribution is 5.80. The summed E-state index contributed by atoms with van der Waals surface area (Å²) in [5.41, 5.74) is 1.18. The third-order valence-corrected chi connectivity index (χ3v) is 4.90. The summed E-state index contributed by atoms with van der Waals surface area (Å²) < 4.78 is 6.17. The molecule has 0 radical (unpaired) electrons. The zero-order chi connectivity index (χ0) is 13.4. The number of piperidine rings is 1. The van der Waals surface area contributed by atoms with E-state index in [9.17, 15) is 0 Å². The van der Waals surface area contributed by atoms with Gasteiger partial charge in [-0.1, -0.05) is 6.42 Å². The zero-order valence-electron chi connectivity index (χ0n) is 11.8. The number of aromatic nitrogens is 1. The van der Waals surface area contributed by atoms with Gasteiger partial charge in [0, 0.05) is 36.2 Å². The maximum atomic E-state index is 6.17. The van der Waals surface area contributed by atoms with Crippen molar-refractivity contribution in [2.75, 3.05) is 13.1 Å². The Kier molecular flexibility index (Phi) is 3.15. The Bertz CT molecular complexity index is 579. The summed E-state index contributed by atoms with van der Waals surface area (Å²) >= 11 is 0. The topological polar surface area (TPSA) is 28.3 Å². The van der Waals surface area contributed by atoms with E-state index in [4.69, 9.17) is 4.74 Å². The zero-order valence-corrected chi connectivity index (χ0v) is 11.8. The van der Waals surface area contributed by atoms with Crippen LogP contribution in [0.5, 0.6) is 5.75 Å². The van der Waals surface area contributed by atoms with E-state index in [1.807, 2.05) is 6.20 Å². The van der Waals surface area contributed by atoms with Crippen LogP contribution in [0.25, 0.3) is 10.9 Å². The molecule has 1 saturated carbocycles. The quantitative estimate of drug-likeness (QED) is 0.923. The molecule has 106 valence electrons. The third kappa shape index (κ3) is 2.31. The lowest BCUT2D eigenvalue weighted by atomic mass is 9.90. The first-order valence-corrected chi connectivity index (χ1v) is 7.86. The Balaban J connectivity index is 1.37. The predicted molar refractivity (Wildman–Crippen MR) is 81.2 cm³/mol. The standard InChI is InChI=1S/C17H22N2O/c1-2-14(3-1)19-10-7-15(8-11-19)20-16-4-5-17-13(12-16)6-9-18-17/h4-6,9,12,14-15,18H,1-3,7-8,10-11H2. The van der Waals surface area contributed by atoms with Crippen LogP contribution in [0.3, 0.4) is 0 Å². The van der Waals surface area contributed by atoms with Gasteiger partial charge in [0.05, 0.1) is 0 Å². The van der Waals surface area contributed by atoms with Gasteiger partial charge >= 0.3 is 0 Å². The first-order chi connectivity index (χ1) is 9.88. The highest BCUT2D eigenvalue weighted by Crippen LogP contribution is 2.29. The summed E-state index contributed by atoms with van der Waals surface area (Å²) in [6, 6.07) is 9.31. The van der Waals surface area contributed by atoms with Gasteiger partial charge in [-0.05, 0) is 49.9 Å². The molecule has 2 aromatic rings. The number of aromatic amines is 1. The second-order valence-electron chi connectivity index (χ2n) is 6.16. The SMILES string of the molecule is c1cc2cc(OC3CCN(C4CCC4)CC3)ccc2[nH]1. The molecule has 0 amide bonds. The first-order valence-electron chi connectivity index (χ1n) is 7.86. The molecule has 20 heavy (non-hydrogen) atoms. The van der Waals surface area contributed by atoms with Gasteiger partial charge in [-0.3, -0.25) is 0 Å². The number of likely N-dealkylation sites (tertiary alicyclic amines) is 1. The number of nitrogens with zero attached hydrogens (tertiary/aromatic N) is 1. The van der Waals surface area contributed by atoms with Crippen molar-refractivity contribution in [3.05, 3.63) is 30.5 Å². The lowest BCUT2D eigenvalue weighted by Crippen LogP contribution is -2.46. The molecule has 2 fully saturated rings. The molecule has 2 aliphatic rings. The van der Waals surface area contributed by atoms with Crippen LogP contribution in [0.2, 0.25) is 0 Å². The summed E-state index contributed by atoms with van der Waals surface area (Å²) in [5, 5.41) is 1.23. The molecule has 1 aromatic heterocycles. The molecule has 0 atom stereocenters. The van der Waals surface area contributed by atoms with Crippen molar-refractivity contribution >= 4 is 10.9 Å². The molecule has 1 aliphatic carbocycles. The van der Waals surface area contributed by atoms with Gasteiger partial charge in [-0.25, -0.2) is 0 Å². The molecule has 0 bridgehead atoms. The normalized spacial score (nSPS) is 22.0. The number of benzene rings is 1. The van der Waals surface area contributed by atoms with Crippen LogP contribution in [0, 0.1) is 0 Å². The van der Waals surface area contributed by atoms with Crippen molar-refractivity contribution in [2.24, 2.45) is 0 Å². The van der Waals surface area contributed by atoms with Crippen LogP contribution in [0.1, 0.15) is 32.1 Å². The molecule has 1 N–H and O–H groups in total. The summed E-state index contributed by atoms with van der Waals surface area (Å²) in [6.45, 7) is 2.42. The molecule has 2 heterocycles. The van der Waals surface area contributed by atoms with E-state index in [1.54, 1.807) is 0 Å². The summed E-state index contributed by atoms with van der Waals surface area (Å²) in [6.07, 6.45) is 8.96. The van der Waals surface area contributed by atoms with Crippen molar-refractivity contribution in [2.45, 2.75) is 44.2 Å². The van der Waals surface area contributed by atoms with E-state index in [0.717, 1.165) is 11.8 Å².